The number of anilines is 1. The second-order valence-corrected chi connectivity index (χ2v) is 8.02. The first-order valence-electron chi connectivity index (χ1n) is 9.36. The molecule has 0 radical (unpaired) electrons. The molecule has 3 aromatic rings. The third-order valence-corrected chi connectivity index (χ3v) is 6.23. The number of thioether (sulfide) groups is 1. The Balaban J connectivity index is 1.78. The lowest BCUT2D eigenvalue weighted by atomic mass is 10.0. The molecule has 0 N–H and O–H groups in total. The Bertz CT molecular complexity index is 1080. The third kappa shape index (κ3) is 3.76. The standard InChI is InChI=1S/C25H20FNOS/c1-19(28)27-23-12-5-6-13-24(23)29-25(27,21-14-16-22(26)17-15-21)18-8-7-11-20-9-3-2-4-10-20/h2-18H,1H3/b11-7+,18-8+. The molecule has 0 fully saturated rings. The van der Waals surface area contributed by atoms with E-state index in [9.17, 15) is 9.18 Å². The second kappa shape index (κ2) is 8.10. The number of amides is 1. The van der Waals surface area contributed by atoms with Crippen LogP contribution in [0.2, 0.25) is 0 Å². The van der Waals surface area contributed by atoms with E-state index in [4.69, 9.17) is 0 Å². The molecule has 1 aliphatic rings. The molecule has 29 heavy (non-hydrogen) atoms. The van der Waals surface area contributed by atoms with Crippen LogP contribution in [0.25, 0.3) is 6.08 Å². The molecule has 1 unspecified atom stereocenters. The normalized spacial score (nSPS) is 18.5. The van der Waals surface area contributed by atoms with Crippen LogP contribution in [0, 0.1) is 5.82 Å². The number of carbonyl (C=O) groups excluding carboxylic acids is 1. The molecule has 0 bridgehead atoms. The van der Waals surface area contributed by atoms with E-state index in [2.05, 4.69) is 0 Å². The summed E-state index contributed by atoms with van der Waals surface area (Å²) in [5, 5.41) is 0. The number of allylic oxidation sites excluding steroid dienone is 2. The van der Waals surface area contributed by atoms with Crippen LogP contribution in [0.4, 0.5) is 10.1 Å². The molecule has 2 nitrogen and oxygen atoms in total. The Labute approximate surface area is 174 Å². The van der Waals surface area contributed by atoms with Crippen LogP contribution >= 0.6 is 11.8 Å². The van der Waals surface area contributed by atoms with Crippen molar-refractivity contribution in [3.05, 3.63) is 114 Å². The summed E-state index contributed by atoms with van der Waals surface area (Å²) in [5.74, 6) is -0.366. The molecule has 1 heterocycles. The highest BCUT2D eigenvalue weighted by molar-refractivity contribution is 8.01. The predicted octanol–water partition coefficient (Wildman–Crippen LogP) is 6.41. The lowest BCUT2D eigenvalue weighted by Crippen LogP contribution is -2.42. The number of benzene rings is 3. The fourth-order valence-electron chi connectivity index (χ4n) is 3.52. The summed E-state index contributed by atoms with van der Waals surface area (Å²) in [5.41, 5.74) is 2.81. The molecular formula is C25H20FNOS. The van der Waals surface area contributed by atoms with Crippen molar-refractivity contribution < 1.29 is 9.18 Å². The first-order chi connectivity index (χ1) is 14.1. The molecule has 1 aliphatic heterocycles. The number of carbonyl (C=O) groups is 1. The second-order valence-electron chi connectivity index (χ2n) is 6.76. The van der Waals surface area contributed by atoms with Gasteiger partial charge in [-0.25, -0.2) is 4.39 Å². The van der Waals surface area contributed by atoms with Gasteiger partial charge in [0.25, 0.3) is 0 Å². The average Bonchev–Trinajstić information content (AvgIpc) is 3.08. The SMILES string of the molecule is CC(=O)N1c2ccccc2SC1(/C=C/C=C/c1ccccc1)c1ccc(F)cc1. The molecule has 0 aromatic heterocycles. The summed E-state index contributed by atoms with van der Waals surface area (Å²) in [6, 6.07) is 24.2. The van der Waals surface area contributed by atoms with Crippen molar-refractivity contribution in [3.63, 3.8) is 0 Å². The lowest BCUT2D eigenvalue weighted by molar-refractivity contribution is -0.117. The van der Waals surface area contributed by atoms with E-state index >= 15 is 0 Å². The summed E-state index contributed by atoms with van der Waals surface area (Å²) in [4.78, 5) is 14.7. The third-order valence-electron chi connectivity index (χ3n) is 4.80. The monoisotopic (exact) mass is 401 g/mol. The van der Waals surface area contributed by atoms with Gasteiger partial charge in [0.2, 0.25) is 5.91 Å². The van der Waals surface area contributed by atoms with Gasteiger partial charge >= 0.3 is 0 Å². The van der Waals surface area contributed by atoms with Crippen LogP contribution in [-0.4, -0.2) is 5.91 Å². The average molecular weight is 402 g/mol. The highest BCUT2D eigenvalue weighted by Crippen LogP contribution is 2.56. The maximum atomic E-state index is 13.6. The summed E-state index contributed by atoms with van der Waals surface area (Å²) >= 11 is 1.59. The van der Waals surface area contributed by atoms with Gasteiger partial charge in [-0.1, -0.05) is 84.6 Å². The van der Waals surface area contributed by atoms with Gasteiger partial charge in [-0.05, 0) is 41.5 Å². The van der Waals surface area contributed by atoms with Crippen molar-refractivity contribution in [1.29, 1.82) is 0 Å². The fraction of sp³-hybridized carbons (Fsp3) is 0.0800. The van der Waals surface area contributed by atoms with Crippen LogP contribution < -0.4 is 4.90 Å². The molecule has 0 saturated carbocycles. The molecule has 144 valence electrons. The van der Waals surface area contributed by atoms with E-state index in [1.165, 1.54) is 12.1 Å². The Morgan fingerprint density at radius 1 is 0.931 bits per heavy atom. The summed E-state index contributed by atoms with van der Waals surface area (Å²) < 4.78 is 13.6. The zero-order valence-electron chi connectivity index (χ0n) is 16.0. The smallest absolute Gasteiger partial charge is 0.225 e. The number of hydrogen-bond donors (Lipinski definition) is 0. The number of para-hydroxylation sites is 1. The quantitative estimate of drug-likeness (QED) is 0.471. The molecule has 0 spiro atoms. The van der Waals surface area contributed by atoms with Crippen molar-refractivity contribution in [3.8, 4) is 0 Å². The molecule has 3 aromatic carbocycles. The van der Waals surface area contributed by atoms with Gasteiger partial charge in [-0.3, -0.25) is 9.69 Å². The van der Waals surface area contributed by atoms with Gasteiger partial charge < -0.3 is 0 Å². The van der Waals surface area contributed by atoms with E-state index in [1.807, 2.05) is 78.9 Å². The number of nitrogens with zero attached hydrogens (tertiary/aromatic N) is 1. The molecule has 1 atom stereocenters. The summed E-state index contributed by atoms with van der Waals surface area (Å²) in [6.45, 7) is 1.56. The van der Waals surface area contributed by atoms with E-state index in [0.29, 0.717) is 0 Å². The molecule has 0 aliphatic carbocycles. The first kappa shape index (κ1) is 19.2. The lowest BCUT2D eigenvalue weighted by Gasteiger charge is -2.35. The number of fused-ring (bicyclic) bond motifs is 1. The number of hydrogen-bond acceptors (Lipinski definition) is 2. The number of halogens is 1. The van der Waals surface area contributed by atoms with E-state index < -0.39 is 4.87 Å². The van der Waals surface area contributed by atoms with E-state index in [-0.39, 0.29) is 11.7 Å². The minimum atomic E-state index is -0.774. The van der Waals surface area contributed by atoms with Crippen molar-refractivity contribution >= 4 is 29.4 Å². The summed E-state index contributed by atoms with van der Waals surface area (Å²) in [7, 11) is 0. The van der Waals surface area contributed by atoms with Gasteiger partial charge in [0, 0.05) is 11.8 Å². The first-order valence-corrected chi connectivity index (χ1v) is 10.2. The molecular weight excluding hydrogens is 381 g/mol. The van der Waals surface area contributed by atoms with Crippen LogP contribution in [0.15, 0.2) is 102 Å². The molecule has 1 amide bonds. The van der Waals surface area contributed by atoms with Gasteiger partial charge in [0.15, 0.2) is 0 Å². The highest BCUT2D eigenvalue weighted by Gasteiger charge is 2.46. The Morgan fingerprint density at radius 3 is 2.34 bits per heavy atom. The van der Waals surface area contributed by atoms with Crippen molar-refractivity contribution in [1.82, 2.24) is 0 Å². The summed E-state index contributed by atoms with van der Waals surface area (Å²) in [6.07, 6.45) is 7.93. The van der Waals surface area contributed by atoms with Gasteiger partial charge in [0.05, 0.1) is 5.69 Å². The van der Waals surface area contributed by atoms with Crippen molar-refractivity contribution in [2.24, 2.45) is 0 Å². The Morgan fingerprint density at radius 2 is 1.62 bits per heavy atom. The van der Waals surface area contributed by atoms with E-state index in [1.54, 1.807) is 35.7 Å². The van der Waals surface area contributed by atoms with E-state index in [0.717, 1.165) is 21.7 Å². The number of rotatable bonds is 4. The minimum Gasteiger partial charge on any atom is -0.288 e. The molecule has 4 heteroatoms. The maximum absolute atomic E-state index is 13.6. The predicted molar refractivity (Wildman–Crippen MR) is 118 cm³/mol. The van der Waals surface area contributed by atoms with Gasteiger partial charge in [-0.2, -0.15) is 0 Å². The maximum Gasteiger partial charge on any atom is 0.225 e. The molecule has 0 saturated heterocycles. The van der Waals surface area contributed by atoms with Crippen molar-refractivity contribution in [2.45, 2.75) is 16.7 Å². The fourth-order valence-corrected chi connectivity index (χ4v) is 4.99. The van der Waals surface area contributed by atoms with Gasteiger partial charge in [-0.15, -0.1) is 0 Å². The van der Waals surface area contributed by atoms with Crippen LogP contribution in [0.5, 0.6) is 0 Å². The topological polar surface area (TPSA) is 20.3 Å². The minimum absolute atomic E-state index is 0.0662. The zero-order valence-corrected chi connectivity index (χ0v) is 16.8. The Kier molecular flexibility index (Phi) is 5.36. The van der Waals surface area contributed by atoms with Crippen LogP contribution in [-0.2, 0) is 9.67 Å². The largest absolute Gasteiger partial charge is 0.288 e. The van der Waals surface area contributed by atoms with Crippen LogP contribution in [0.3, 0.4) is 0 Å². The van der Waals surface area contributed by atoms with Crippen LogP contribution in [0.1, 0.15) is 18.1 Å². The van der Waals surface area contributed by atoms with Crippen molar-refractivity contribution in [2.75, 3.05) is 4.90 Å². The Hall–Kier alpha value is -3.11. The van der Waals surface area contributed by atoms with Gasteiger partial charge in [0.1, 0.15) is 10.7 Å². The molecule has 4 rings (SSSR count). The highest BCUT2D eigenvalue weighted by atomic mass is 32.2. The zero-order chi connectivity index (χ0) is 20.3.